The minimum Gasteiger partial charge on any atom is -0.339 e. The number of thiazole rings is 1. The molecular formula is C21H14F2N4OS. The second-order valence-electron chi connectivity index (χ2n) is 6.04. The first-order chi connectivity index (χ1) is 14.1. The summed E-state index contributed by atoms with van der Waals surface area (Å²) >= 11 is 1.23. The predicted molar refractivity (Wildman–Crippen MR) is 109 cm³/mol. The van der Waals surface area contributed by atoms with Crippen LogP contribution in [0.25, 0.3) is 11.3 Å². The number of rotatable bonds is 5. The number of carbonyl (C=O) groups excluding carboxylic acids is 1. The van der Waals surface area contributed by atoms with Crippen molar-refractivity contribution in [3.63, 3.8) is 0 Å². The number of hydrogen-bond acceptors (Lipinski definition) is 5. The van der Waals surface area contributed by atoms with Gasteiger partial charge in [-0.25, -0.2) is 18.7 Å². The fourth-order valence-corrected chi connectivity index (χ4v) is 3.38. The molecule has 5 nitrogen and oxygen atoms in total. The number of hydrogen-bond donors (Lipinski definition) is 2. The van der Waals surface area contributed by atoms with Crippen molar-refractivity contribution >= 4 is 33.9 Å². The van der Waals surface area contributed by atoms with Crippen LogP contribution in [-0.4, -0.2) is 15.9 Å². The molecule has 29 heavy (non-hydrogen) atoms. The van der Waals surface area contributed by atoms with Gasteiger partial charge in [-0.15, -0.1) is 11.3 Å². The highest BCUT2D eigenvalue weighted by molar-refractivity contribution is 7.14. The zero-order valence-electron chi connectivity index (χ0n) is 14.9. The van der Waals surface area contributed by atoms with Crippen molar-refractivity contribution in [1.82, 2.24) is 9.97 Å². The number of benzene rings is 2. The van der Waals surface area contributed by atoms with E-state index in [2.05, 4.69) is 20.6 Å². The fourth-order valence-electron chi connectivity index (χ4n) is 2.67. The molecule has 0 spiro atoms. The summed E-state index contributed by atoms with van der Waals surface area (Å²) in [7, 11) is 0. The minimum atomic E-state index is -0.419. The largest absolute Gasteiger partial charge is 0.339 e. The van der Waals surface area contributed by atoms with Crippen molar-refractivity contribution in [3.05, 3.63) is 89.4 Å². The molecule has 2 heterocycles. The number of nitrogens with one attached hydrogen (secondary N) is 2. The van der Waals surface area contributed by atoms with Gasteiger partial charge in [-0.2, -0.15) is 0 Å². The predicted octanol–water partition coefficient (Wildman–Crippen LogP) is 5.48. The molecule has 0 fully saturated rings. The molecule has 2 aromatic heterocycles. The van der Waals surface area contributed by atoms with E-state index < -0.39 is 11.7 Å². The molecule has 144 valence electrons. The zero-order chi connectivity index (χ0) is 20.2. The summed E-state index contributed by atoms with van der Waals surface area (Å²) in [5.74, 6) is -0.885. The smallest absolute Gasteiger partial charge is 0.261 e. The number of aromatic nitrogens is 2. The van der Waals surface area contributed by atoms with Gasteiger partial charge in [0, 0.05) is 22.8 Å². The van der Waals surface area contributed by atoms with E-state index in [1.54, 1.807) is 41.8 Å². The summed E-state index contributed by atoms with van der Waals surface area (Å²) in [4.78, 5) is 21.3. The maximum atomic E-state index is 13.4. The van der Waals surface area contributed by atoms with Crippen LogP contribution in [0.4, 0.5) is 25.4 Å². The van der Waals surface area contributed by atoms with Gasteiger partial charge in [0.1, 0.15) is 17.5 Å². The number of anilines is 3. The Hall–Kier alpha value is -3.65. The second-order valence-corrected chi connectivity index (χ2v) is 6.90. The van der Waals surface area contributed by atoms with Gasteiger partial charge in [0.05, 0.1) is 11.3 Å². The highest BCUT2D eigenvalue weighted by atomic mass is 32.1. The topological polar surface area (TPSA) is 66.9 Å². The van der Waals surface area contributed by atoms with Crippen LogP contribution in [-0.2, 0) is 0 Å². The van der Waals surface area contributed by atoms with Crippen LogP contribution in [0.2, 0.25) is 0 Å². The maximum absolute atomic E-state index is 13.4. The van der Waals surface area contributed by atoms with E-state index in [1.165, 1.54) is 41.8 Å². The van der Waals surface area contributed by atoms with Crippen LogP contribution >= 0.6 is 11.3 Å². The number of nitrogens with zero attached hydrogens (tertiary/aromatic N) is 2. The highest BCUT2D eigenvalue weighted by Gasteiger charge is 2.15. The molecule has 0 atom stereocenters. The molecule has 0 saturated carbocycles. The molecule has 4 aromatic rings. The lowest BCUT2D eigenvalue weighted by Crippen LogP contribution is -2.14. The molecular weight excluding hydrogens is 394 g/mol. The number of pyridine rings is 1. The number of amides is 1. The maximum Gasteiger partial charge on any atom is 0.261 e. The standard InChI is InChI=1S/C21H14F2N4OS/c22-14-5-1-4-13(10-14)18-12-29-21(26-18)27-20(28)17-8-3-9-24-19(17)25-16-7-2-6-15(23)11-16/h1-12H,(H,24,25)(H,26,27,28). The van der Waals surface area contributed by atoms with Gasteiger partial charge in [0.2, 0.25) is 0 Å². The molecule has 0 radical (unpaired) electrons. The summed E-state index contributed by atoms with van der Waals surface area (Å²) in [5, 5.41) is 7.77. The SMILES string of the molecule is O=C(Nc1nc(-c2cccc(F)c2)cs1)c1cccnc1Nc1cccc(F)c1. The Balaban J connectivity index is 1.54. The molecule has 0 aliphatic carbocycles. The van der Waals surface area contributed by atoms with Crippen molar-refractivity contribution in [2.24, 2.45) is 0 Å². The summed E-state index contributed by atoms with van der Waals surface area (Å²) in [6.07, 6.45) is 1.53. The Labute approximate surface area is 169 Å². The van der Waals surface area contributed by atoms with E-state index in [-0.39, 0.29) is 17.2 Å². The van der Waals surface area contributed by atoms with Gasteiger partial charge in [-0.3, -0.25) is 10.1 Å². The van der Waals surface area contributed by atoms with E-state index in [0.717, 1.165) is 0 Å². The molecule has 0 unspecified atom stereocenters. The van der Waals surface area contributed by atoms with Crippen LogP contribution in [0.15, 0.2) is 72.2 Å². The van der Waals surface area contributed by atoms with Crippen LogP contribution in [0.3, 0.4) is 0 Å². The van der Waals surface area contributed by atoms with Gasteiger partial charge < -0.3 is 5.32 Å². The van der Waals surface area contributed by atoms with Gasteiger partial charge in [0.15, 0.2) is 5.13 Å². The quantitative estimate of drug-likeness (QED) is 0.459. The normalized spacial score (nSPS) is 10.6. The fraction of sp³-hybridized carbons (Fsp3) is 0. The lowest BCUT2D eigenvalue weighted by Gasteiger charge is -2.10. The van der Waals surface area contributed by atoms with Gasteiger partial charge in [0.25, 0.3) is 5.91 Å². The van der Waals surface area contributed by atoms with Crippen molar-refractivity contribution in [1.29, 1.82) is 0 Å². The third kappa shape index (κ3) is 4.44. The molecule has 0 saturated heterocycles. The molecule has 0 aliphatic rings. The Morgan fingerprint density at radius 2 is 1.76 bits per heavy atom. The molecule has 0 aliphatic heterocycles. The number of carbonyl (C=O) groups is 1. The van der Waals surface area contributed by atoms with E-state index in [4.69, 9.17) is 0 Å². The summed E-state index contributed by atoms with van der Waals surface area (Å²) < 4.78 is 26.8. The van der Waals surface area contributed by atoms with E-state index in [1.807, 2.05) is 0 Å². The first-order valence-corrected chi connectivity index (χ1v) is 9.47. The average Bonchev–Trinajstić information content (AvgIpc) is 3.17. The van der Waals surface area contributed by atoms with E-state index >= 15 is 0 Å². The molecule has 8 heteroatoms. The molecule has 1 amide bonds. The Kier molecular flexibility index (Phi) is 5.26. The van der Waals surface area contributed by atoms with Crippen LogP contribution in [0.1, 0.15) is 10.4 Å². The van der Waals surface area contributed by atoms with Crippen molar-refractivity contribution in [2.45, 2.75) is 0 Å². The Bertz CT molecular complexity index is 1180. The third-order valence-corrected chi connectivity index (χ3v) is 4.74. The Morgan fingerprint density at radius 1 is 0.966 bits per heavy atom. The average molecular weight is 408 g/mol. The summed E-state index contributed by atoms with van der Waals surface area (Å²) in [5.41, 5.74) is 1.94. The second kappa shape index (κ2) is 8.15. The summed E-state index contributed by atoms with van der Waals surface area (Å²) in [6, 6.07) is 15.2. The molecule has 0 bridgehead atoms. The third-order valence-electron chi connectivity index (χ3n) is 3.98. The zero-order valence-corrected chi connectivity index (χ0v) is 15.7. The van der Waals surface area contributed by atoms with Gasteiger partial charge >= 0.3 is 0 Å². The minimum absolute atomic E-state index is 0.277. The molecule has 2 N–H and O–H groups in total. The van der Waals surface area contributed by atoms with Crippen molar-refractivity contribution in [2.75, 3.05) is 10.6 Å². The number of halogens is 2. The lowest BCUT2D eigenvalue weighted by molar-refractivity contribution is 0.102. The first-order valence-electron chi connectivity index (χ1n) is 8.59. The van der Waals surface area contributed by atoms with E-state index in [9.17, 15) is 13.6 Å². The van der Waals surface area contributed by atoms with Crippen LogP contribution < -0.4 is 10.6 Å². The lowest BCUT2D eigenvalue weighted by atomic mass is 10.2. The van der Waals surface area contributed by atoms with Crippen molar-refractivity contribution in [3.8, 4) is 11.3 Å². The summed E-state index contributed by atoms with van der Waals surface area (Å²) in [6.45, 7) is 0. The molecule has 4 rings (SSSR count). The molecule has 2 aromatic carbocycles. The van der Waals surface area contributed by atoms with Crippen molar-refractivity contribution < 1.29 is 13.6 Å². The van der Waals surface area contributed by atoms with Crippen LogP contribution in [0.5, 0.6) is 0 Å². The van der Waals surface area contributed by atoms with E-state index in [0.29, 0.717) is 22.1 Å². The highest BCUT2D eigenvalue weighted by Crippen LogP contribution is 2.26. The van der Waals surface area contributed by atoms with Gasteiger partial charge in [-0.1, -0.05) is 18.2 Å². The van der Waals surface area contributed by atoms with Gasteiger partial charge in [-0.05, 0) is 42.5 Å². The van der Waals surface area contributed by atoms with Crippen LogP contribution in [0, 0.1) is 11.6 Å². The first kappa shape index (κ1) is 18.7. The Morgan fingerprint density at radius 3 is 2.55 bits per heavy atom. The monoisotopic (exact) mass is 408 g/mol.